The monoisotopic (exact) mass is 474 g/mol. The Bertz CT molecular complexity index is 1590. The first-order valence-electron chi connectivity index (χ1n) is 10.5. The highest BCUT2D eigenvalue weighted by Gasteiger charge is 2.38. The van der Waals surface area contributed by atoms with Crippen LogP contribution in [0.5, 0.6) is 0 Å². The molecule has 0 aliphatic rings. The van der Waals surface area contributed by atoms with Gasteiger partial charge < -0.3 is 14.2 Å². The van der Waals surface area contributed by atoms with Gasteiger partial charge in [0.25, 0.3) is 5.56 Å². The van der Waals surface area contributed by atoms with Gasteiger partial charge >= 0.3 is 0 Å². The van der Waals surface area contributed by atoms with Gasteiger partial charge in [-0.25, -0.2) is 9.37 Å². The molecule has 0 saturated heterocycles. The van der Waals surface area contributed by atoms with Crippen molar-refractivity contribution < 1.29 is 9.50 Å². The number of hydrogen-bond acceptors (Lipinski definition) is 4. The Hall–Kier alpha value is -3.81. The lowest BCUT2D eigenvalue weighted by Gasteiger charge is -2.29. The molecule has 5 rings (SSSR count). The van der Waals surface area contributed by atoms with Gasteiger partial charge in [-0.05, 0) is 47.0 Å². The van der Waals surface area contributed by atoms with Crippen LogP contribution in [0.1, 0.15) is 17.0 Å². The van der Waals surface area contributed by atoms with Crippen molar-refractivity contribution in [1.29, 1.82) is 0 Å². The maximum atomic E-state index is 14.0. The highest BCUT2D eigenvalue weighted by Crippen LogP contribution is 2.38. The Morgan fingerprint density at radius 1 is 1.03 bits per heavy atom. The summed E-state index contributed by atoms with van der Waals surface area (Å²) in [6.07, 6.45) is 4.72. The van der Waals surface area contributed by atoms with Gasteiger partial charge in [0.15, 0.2) is 5.60 Å². The van der Waals surface area contributed by atoms with Gasteiger partial charge in [0.05, 0.1) is 35.6 Å². The first-order chi connectivity index (χ1) is 16.3. The van der Waals surface area contributed by atoms with Crippen LogP contribution in [0.4, 0.5) is 4.39 Å². The summed E-state index contributed by atoms with van der Waals surface area (Å²) in [5, 5.41) is 13.4. The summed E-state index contributed by atoms with van der Waals surface area (Å²) in [6.45, 7) is 0. The third-order valence-corrected chi connectivity index (χ3v) is 6.34. The molecule has 2 aromatic carbocycles. The van der Waals surface area contributed by atoms with E-state index < -0.39 is 11.4 Å². The molecule has 0 aliphatic carbocycles. The first kappa shape index (κ1) is 22.0. The minimum atomic E-state index is -1.67. The Labute approximate surface area is 199 Å². The van der Waals surface area contributed by atoms with Crippen LogP contribution in [0, 0.1) is 5.82 Å². The third-order valence-electron chi connectivity index (χ3n) is 6.09. The molecule has 0 bridgehead atoms. The number of nitrogens with zero attached hydrogens (tertiary/aromatic N) is 4. The fourth-order valence-electron chi connectivity index (χ4n) is 4.26. The molecule has 0 radical (unpaired) electrons. The number of fused-ring (bicyclic) bond motifs is 1. The van der Waals surface area contributed by atoms with Crippen molar-refractivity contribution >= 4 is 22.5 Å². The van der Waals surface area contributed by atoms with Gasteiger partial charge in [0.1, 0.15) is 5.82 Å². The normalized spacial score (nSPS) is 13.2. The molecule has 5 aromatic rings. The van der Waals surface area contributed by atoms with Crippen molar-refractivity contribution in [1.82, 2.24) is 19.1 Å². The van der Waals surface area contributed by atoms with E-state index in [9.17, 15) is 14.3 Å². The Morgan fingerprint density at radius 3 is 2.47 bits per heavy atom. The Morgan fingerprint density at radius 2 is 1.79 bits per heavy atom. The average molecular weight is 475 g/mol. The van der Waals surface area contributed by atoms with E-state index in [1.54, 1.807) is 79.8 Å². The van der Waals surface area contributed by atoms with Crippen molar-refractivity contribution in [2.45, 2.75) is 5.60 Å². The van der Waals surface area contributed by atoms with Crippen molar-refractivity contribution in [2.24, 2.45) is 14.1 Å². The maximum Gasteiger partial charge on any atom is 0.251 e. The predicted molar refractivity (Wildman–Crippen MR) is 129 cm³/mol. The van der Waals surface area contributed by atoms with Gasteiger partial charge in [-0.3, -0.25) is 9.78 Å². The molecule has 1 unspecified atom stereocenters. The molecule has 1 N–H and O–H groups in total. The van der Waals surface area contributed by atoms with Crippen molar-refractivity contribution in [3.63, 3.8) is 0 Å². The van der Waals surface area contributed by atoms with E-state index >= 15 is 0 Å². The lowest BCUT2D eigenvalue weighted by molar-refractivity contribution is 0.113. The van der Waals surface area contributed by atoms with Crippen molar-refractivity contribution in [3.8, 4) is 11.1 Å². The summed E-state index contributed by atoms with van der Waals surface area (Å²) in [5.41, 5.74) is 1.10. The summed E-state index contributed by atoms with van der Waals surface area (Å²) in [5.74, 6) is -0.409. The molecule has 0 spiro atoms. The predicted octanol–water partition coefficient (Wildman–Crippen LogP) is 4.41. The smallest absolute Gasteiger partial charge is 0.251 e. The zero-order valence-corrected chi connectivity index (χ0v) is 19.2. The molecule has 34 heavy (non-hydrogen) atoms. The topological polar surface area (TPSA) is 72.9 Å². The number of aromatic nitrogens is 4. The molecule has 0 amide bonds. The highest BCUT2D eigenvalue weighted by molar-refractivity contribution is 6.30. The van der Waals surface area contributed by atoms with E-state index in [2.05, 4.69) is 9.97 Å². The standard InChI is InChI=1S/C26H20ClFN4O2/c1-31-15-29-14-24(31)26(34,17-6-8-18(27)9-7-17)23-11-21-20(16-4-3-5-19(28)10-16)12-25(33)32(2)22(21)13-30-23/h3-15,34H,1-2H3. The average Bonchev–Trinajstić information content (AvgIpc) is 3.27. The largest absolute Gasteiger partial charge is 0.373 e. The molecule has 0 saturated carbocycles. The quantitative estimate of drug-likeness (QED) is 0.419. The number of aryl methyl sites for hydroxylation is 2. The van der Waals surface area contributed by atoms with Gasteiger partial charge in [0.2, 0.25) is 0 Å². The molecule has 0 fully saturated rings. The van der Waals surface area contributed by atoms with E-state index in [-0.39, 0.29) is 5.56 Å². The summed E-state index contributed by atoms with van der Waals surface area (Å²) >= 11 is 6.10. The van der Waals surface area contributed by atoms with E-state index in [0.717, 1.165) is 0 Å². The second-order valence-electron chi connectivity index (χ2n) is 8.16. The lowest BCUT2D eigenvalue weighted by atomic mass is 9.86. The molecular formula is C26H20ClFN4O2. The molecule has 6 nitrogen and oxygen atoms in total. The molecule has 3 heterocycles. The molecule has 1 atom stereocenters. The van der Waals surface area contributed by atoms with E-state index in [0.29, 0.717) is 44.0 Å². The number of benzene rings is 2. The number of hydrogen-bond donors (Lipinski definition) is 1. The minimum absolute atomic E-state index is 0.249. The Balaban J connectivity index is 1.84. The number of pyridine rings is 2. The first-order valence-corrected chi connectivity index (χ1v) is 10.9. The van der Waals surface area contributed by atoms with Gasteiger partial charge in [0, 0.05) is 30.6 Å². The fraction of sp³-hybridized carbons (Fsp3) is 0.115. The Kier molecular flexibility index (Phi) is 5.31. The van der Waals surface area contributed by atoms with Crippen LogP contribution in [-0.2, 0) is 19.7 Å². The van der Waals surface area contributed by atoms with Crippen LogP contribution in [0.3, 0.4) is 0 Å². The number of imidazole rings is 1. The molecule has 3 aromatic heterocycles. The second kappa shape index (κ2) is 8.20. The van der Waals surface area contributed by atoms with E-state index in [1.807, 2.05) is 0 Å². The fourth-order valence-corrected chi connectivity index (χ4v) is 4.39. The number of aliphatic hydroxyl groups is 1. The zero-order valence-electron chi connectivity index (χ0n) is 18.4. The van der Waals surface area contributed by atoms with Gasteiger partial charge in [-0.1, -0.05) is 35.9 Å². The SMILES string of the molecule is Cn1cncc1C(O)(c1ccc(Cl)cc1)c1cc2c(-c3cccc(F)c3)cc(=O)n(C)c2cn1. The maximum absolute atomic E-state index is 14.0. The highest BCUT2D eigenvalue weighted by atomic mass is 35.5. The lowest BCUT2D eigenvalue weighted by Crippen LogP contribution is -2.32. The van der Waals surface area contributed by atoms with E-state index in [4.69, 9.17) is 11.6 Å². The molecule has 8 heteroatoms. The third kappa shape index (κ3) is 3.50. The molecule has 170 valence electrons. The van der Waals surface area contributed by atoms with Gasteiger partial charge in [-0.2, -0.15) is 0 Å². The summed E-state index contributed by atoms with van der Waals surface area (Å²) in [6, 6.07) is 16.1. The van der Waals surface area contributed by atoms with Crippen molar-refractivity contribution in [2.75, 3.05) is 0 Å². The number of halogens is 2. The van der Waals surface area contributed by atoms with Crippen LogP contribution < -0.4 is 5.56 Å². The van der Waals surface area contributed by atoms with Crippen LogP contribution in [0.15, 0.2) is 84.2 Å². The van der Waals surface area contributed by atoms with Gasteiger partial charge in [-0.15, -0.1) is 0 Å². The molecule has 0 aliphatic heterocycles. The summed E-state index contributed by atoms with van der Waals surface area (Å²) < 4.78 is 17.2. The summed E-state index contributed by atoms with van der Waals surface area (Å²) in [7, 11) is 3.43. The summed E-state index contributed by atoms with van der Waals surface area (Å²) in [4.78, 5) is 21.4. The van der Waals surface area contributed by atoms with Crippen molar-refractivity contribution in [3.05, 3.63) is 118 Å². The van der Waals surface area contributed by atoms with Crippen LogP contribution >= 0.6 is 11.6 Å². The minimum Gasteiger partial charge on any atom is -0.373 e. The van der Waals surface area contributed by atoms with Crippen LogP contribution in [0.25, 0.3) is 22.0 Å². The second-order valence-corrected chi connectivity index (χ2v) is 8.60. The molecular weight excluding hydrogens is 455 g/mol. The van der Waals surface area contributed by atoms with Crippen LogP contribution in [0.2, 0.25) is 5.02 Å². The van der Waals surface area contributed by atoms with Crippen LogP contribution in [-0.4, -0.2) is 24.2 Å². The van der Waals surface area contributed by atoms with E-state index in [1.165, 1.54) is 22.8 Å². The number of rotatable bonds is 4. The zero-order chi connectivity index (χ0) is 24.0.